The Morgan fingerprint density at radius 1 is 1.19 bits per heavy atom. The van der Waals surface area contributed by atoms with Crippen LogP contribution in [0.5, 0.6) is 0 Å². The van der Waals surface area contributed by atoms with E-state index in [2.05, 4.69) is 20.6 Å². The Morgan fingerprint density at radius 3 is 2.53 bits per heavy atom. The van der Waals surface area contributed by atoms with Gasteiger partial charge in [0.1, 0.15) is 10.0 Å². The number of rotatable bonds is 5. The zero-order chi connectivity index (χ0) is 23.1. The van der Waals surface area contributed by atoms with Crippen molar-refractivity contribution in [3.05, 3.63) is 35.0 Å². The third kappa shape index (κ3) is 4.68. The van der Waals surface area contributed by atoms with Gasteiger partial charge in [0.25, 0.3) is 5.82 Å². The van der Waals surface area contributed by atoms with Crippen molar-refractivity contribution >= 4 is 38.7 Å². The van der Waals surface area contributed by atoms with Crippen LogP contribution in [-0.4, -0.2) is 47.2 Å². The van der Waals surface area contributed by atoms with Gasteiger partial charge in [-0.1, -0.05) is 0 Å². The van der Waals surface area contributed by atoms with Gasteiger partial charge in [-0.25, -0.2) is 13.6 Å². The molecule has 0 unspecified atom stereocenters. The van der Waals surface area contributed by atoms with Crippen LogP contribution in [0.15, 0.2) is 28.5 Å². The summed E-state index contributed by atoms with van der Waals surface area (Å²) >= 11 is 0.994. The molecule has 15 heteroatoms. The molecule has 32 heavy (non-hydrogen) atoms. The molecule has 4 heterocycles. The minimum absolute atomic E-state index is 0.00508. The van der Waals surface area contributed by atoms with Crippen LogP contribution in [0.3, 0.4) is 0 Å². The summed E-state index contributed by atoms with van der Waals surface area (Å²) in [6.07, 6.45) is -3.69. The molecule has 1 amide bonds. The first-order valence-corrected chi connectivity index (χ1v) is 11.8. The fraction of sp³-hybridized carbons (Fsp3) is 0.412. The SMILES string of the molecule is NS(=O)(=O)c1ccc(CNC(=O)C2CCN(c3ccc4nnc(C(F)(F)F)n4n3)CC2)s1. The molecule has 0 saturated carbocycles. The highest BCUT2D eigenvalue weighted by molar-refractivity contribution is 7.91. The topological polar surface area (TPSA) is 136 Å². The fourth-order valence-electron chi connectivity index (χ4n) is 3.42. The normalized spacial score (nSPS) is 15.9. The maximum absolute atomic E-state index is 13.1. The Bertz CT molecular complexity index is 1250. The minimum Gasteiger partial charge on any atom is -0.355 e. The molecule has 1 aliphatic rings. The molecule has 0 spiro atoms. The number of anilines is 1. The number of alkyl halides is 3. The molecule has 0 atom stereocenters. The lowest BCUT2D eigenvalue weighted by atomic mass is 9.96. The van der Waals surface area contributed by atoms with Crippen LogP contribution in [0.1, 0.15) is 23.5 Å². The third-order valence-corrected chi connectivity index (χ3v) is 7.57. The van der Waals surface area contributed by atoms with Crippen LogP contribution in [0.4, 0.5) is 19.0 Å². The van der Waals surface area contributed by atoms with Crippen LogP contribution >= 0.6 is 11.3 Å². The van der Waals surface area contributed by atoms with E-state index in [1.165, 1.54) is 12.1 Å². The number of sulfonamides is 1. The Kier molecular flexibility index (Phi) is 5.81. The predicted octanol–water partition coefficient (Wildman–Crippen LogP) is 1.38. The number of hydrogen-bond donors (Lipinski definition) is 2. The molecule has 0 aromatic carbocycles. The zero-order valence-electron chi connectivity index (χ0n) is 16.4. The monoisotopic (exact) mass is 489 g/mol. The smallest absolute Gasteiger partial charge is 0.355 e. The van der Waals surface area contributed by atoms with E-state index in [-0.39, 0.29) is 28.2 Å². The van der Waals surface area contributed by atoms with Crippen molar-refractivity contribution in [2.75, 3.05) is 18.0 Å². The van der Waals surface area contributed by atoms with Crippen molar-refractivity contribution in [2.45, 2.75) is 29.8 Å². The van der Waals surface area contributed by atoms with Crippen LogP contribution < -0.4 is 15.4 Å². The van der Waals surface area contributed by atoms with E-state index in [9.17, 15) is 26.4 Å². The predicted molar refractivity (Wildman–Crippen MR) is 108 cm³/mol. The van der Waals surface area contributed by atoms with Gasteiger partial charge in [-0.15, -0.1) is 26.6 Å². The van der Waals surface area contributed by atoms with Crippen LogP contribution in [0.25, 0.3) is 5.65 Å². The molecule has 1 aliphatic heterocycles. The molecule has 1 saturated heterocycles. The van der Waals surface area contributed by atoms with Gasteiger partial charge in [-0.2, -0.15) is 17.7 Å². The van der Waals surface area contributed by atoms with Crippen LogP contribution in [0, 0.1) is 5.92 Å². The molecule has 4 rings (SSSR count). The average Bonchev–Trinajstić information content (AvgIpc) is 3.38. The lowest BCUT2D eigenvalue weighted by Crippen LogP contribution is -2.40. The van der Waals surface area contributed by atoms with Gasteiger partial charge >= 0.3 is 6.18 Å². The number of primary sulfonamides is 1. The number of hydrogen-bond acceptors (Lipinski definition) is 8. The Morgan fingerprint density at radius 2 is 1.91 bits per heavy atom. The Balaban J connectivity index is 1.35. The van der Waals surface area contributed by atoms with Gasteiger partial charge in [-0.3, -0.25) is 4.79 Å². The van der Waals surface area contributed by atoms with Gasteiger partial charge in [0, 0.05) is 23.9 Å². The van der Waals surface area contributed by atoms with E-state index in [4.69, 9.17) is 5.14 Å². The first-order chi connectivity index (χ1) is 15.0. The molecule has 3 aromatic heterocycles. The number of nitrogens with zero attached hydrogens (tertiary/aromatic N) is 5. The first-order valence-electron chi connectivity index (χ1n) is 9.46. The van der Waals surface area contributed by atoms with E-state index in [0.29, 0.717) is 41.1 Å². The van der Waals surface area contributed by atoms with Gasteiger partial charge in [0.2, 0.25) is 15.9 Å². The Labute approximate surface area is 184 Å². The molecule has 172 valence electrons. The average molecular weight is 490 g/mol. The highest BCUT2D eigenvalue weighted by Crippen LogP contribution is 2.29. The summed E-state index contributed by atoms with van der Waals surface area (Å²) in [5.41, 5.74) is -0.00508. The number of piperidine rings is 1. The van der Waals surface area contributed by atoms with Gasteiger partial charge in [0.15, 0.2) is 5.65 Å². The van der Waals surface area contributed by atoms with Crippen molar-refractivity contribution in [1.29, 1.82) is 0 Å². The number of nitrogens with two attached hydrogens (primary N) is 1. The molecule has 3 aromatic rings. The molecule has 3 N–H and O–H groups in total. The van der Waals surface area contributed by atoms with E-state index in [0.717, 1.165) is 11.3 Å². The second kappa shape index (κ2) is 8.29. The highest BCUT2D eigenvalue weighted by Gasteiger charge is 2.38. The number of halogens is 3. The van der Waals surface area contributed by atoms with E-state index < -0.39 is 22.0 Å². The van der Waals surface area contributed by atoms with Crippen molar-refractivity contribution in [1.82, 2.24) is 25.1 Å². The number of fused-ring (bicyclic) bond motifs is 1. The summed E-state index contributed by atoms with van der Waals surface area (Å²) in [6, 6.07) is 5.98. The number of amides is 1. The maximum atomic E-state index is 13.1. The van der Waals surface area contributed by atoms with Crippen molar-refractivity contribution in [3.8, 4) is 0 Å². The van der Waals surface area contributed by atoms with Crippen molar-refractivity contribution < 1.29 is 26.4 Å². The first kappa shape index (κ1) is 22.4. The van der Waals surface area contributed by atoms with Crippen LogP contribution in [-0.2, 0) is 27.5 Å². The van der Waals surface area contributed by atoms with E-state index in [1.807, 2.05) is 0 Å². The number of thiophene rings is 1. The van der Waals surface area contributed by atoms with E-state index >= 15 is 0 Å². The van der Waals surface area contributed by atoms with Crippen LogP contribution in [0.2, 0.25) is 0 Å². The quantitative estimate of drug-likeness (QED) is 0.553. The Hall–Kier alpha value is -2.78. The molecule has 1 fully saturated rings. The third-order valence-electron chi connectivity index (χ3n) is 5.05. The molecule has 0 bridgehead atoms. The summed E-state index contributed by atoms with van der Waals surface area (Å²) < 4.78 is 62.6. The fourth-order valence-corrected chi connectivity index (χ4v) is 5.14. The van der Waals surface area contributed by atoms with Gasteiger partial charge in [0.05, 0.1) is 6.54 Å². The molecular formula is C17H18F3N7O3S2. The maximum Gasteiger partial charge on any atom is 0.453 e. The standard InChI is InChI=1S/C17H18F3N7O3S2/c18-17(19,20)16-24-23-12-2-3-13(25-27(12)16)26-7-5-10(6-8-26)15(28)22-9-11-1-4-14(31-11)32(21,29)30/h1-4,10H,5-9H2,(H,22,28)(H2,21,29,30). The van der Waals surface area contributed by atoms with Crippen molar-refractivity contribution in [3.63, 3.8) is 0 Å². The summed E-state index contributed by atoms with van der Waals surface area (Å²) in [4.78, 5) is 14.9. The molecule has 0 radical (unpaired) electrons. The minimum atomic E-state index is -4.67. The summed E-state index contributed by atoms with van der Waals surface area (Å²) in [7, 11) is -3.77. The zero-order valence-corrected chi connectivity index (χ0v) is 18.0. The number of nitrogens with one attached hydrogen (secondary N) is 1. The van der Waals surface area contributed by atoms with Gasteiger partial charge in [-0.05, 0) is 37.1 Å². The lowest BCUT2D eigenvalue weighted by molar-refractivity contribution is -0.146. The molecule has 0 aliphatic carbocycles. The second-order valence-electron chi connectivity index (χ2n) is 7.23. The highest BCUT2D eigenvalue weighted by atomic mass is 32.2. The lowest BCUT2D eigenvalue weighted by Gasteiger charge is -2.32. The number of aromatic nitrogens is 4. The van der Waals surface area contributed by atoms with E-state index in [1.54, 1.807) is 17.0 Å². The molecule has 10 nitrogen and oxygen atoms in total. The second-order valence-corrected chi connectivity index (χ2v) is 10.2. The number of carbonyl (C=O) groups is 1. The summed E-state index contributed by atoms with van der Waals surface area (Å²) in [5, 5.41) is 18.6. The number of carbonyl (C=O) groups excluding carboxylic acids is 1. The molecular weight excluding hydrogens is 471 g/mol. The van der Waals surface area contributed by atoms with Crippen molar-refractivity contribution in [2.24, 2.45) is 11.1 Å². The summed E-state index contributed by atoms with van der Waals surface area (Å²) in [5.74, 6) is -1.29. The summed E-state index contributed by atoms with van der Waals surface area (Å²) in [6.45, 7) is 1.06. The largest absolute Gasteiger partial charge is 0.453 e. The van der Waals surface area contributed by atoms with Gasteiger partial charge < -0.3 is 10.2 Å².